The van der Waals surface area contributed by atoms with Crippen molar-refractivity contribution in [3.63, 3.8) is 0 Å². The van der Waals surface area contributed by atoms with Crippen molar-refractivity contribution in [1.82, 2.24) is 20.5 Å². The standard InChI is InChI=1S/C16H22N6O/c1-3-22(4-2)14-6-5-11(9-18-14)19-16(23)15-12-10-17-8-7-13(12)20-21-15/h5-6,9,17H,3-4,7-8,10H2,1-2H3,(H,19,23)(H,20,21). The lowest BCUT2D eigenvalue weighted by Crippen LogP contribution is -2.25. The molecule has 1 amide bonds. The zero-order valence-corrected chi connectivity index (χ0v) is 13.5. The van der Waals surface area contributed by atoms with Crippen molar-refractivity contribution < 1.29 is 4.79 Å². The van der Waals surface area contributed by atoms with Crippen LogP contribution in [0.5, 0.6) is 0 Å². The molecule has 1 aliphatic rings. The van der Waals surface area contributed by atoms with E-state index in [4.69, 9.17) is 0 Å². The number of nitrogens with zero attached hydrogens (tertiary/aromatic N) is 3. The Kier molecular flexibility index (Phi) is 4.57. The molecule has 1 aliphatic heterocycles. The summed E-state index contributed by atoms with van der Waals surface area (Å²) in [5.74, 6) is 0.706. The van der Waals surface area contributed by atoms with Gasteiger partial charge in [0.15, 0.2) is 5.69 Å². The molecular formula is C16H22N6O. The first-order valence-electron chi connectivity index (χ1n) is 8.02. The Morgan fingerprint density at radius 2 is 2.17 bits per heavy atom. The minimum Gasteiger partial charge on any atom is -0.357 e. The molecule has 3 heterocycles. The summed E-state index contributed by atoms with van der Waals surface area (Å²) < 4.78 is 0. The van der Waals surface area contributed by atoms with Crippen molar-refractivity contribution in [3.05, 3.63) is 35.3 Å². The predicted molar refractivity (Wildman–Crippen MR) is 89.7 cm³/mol. The van der Waals surface area contributed by atoms with Crippen LogP contribution < -0.4 is 15.5 Å². The number of carbonyl (C=O) groups is 1. The Labute approximate surface area is 135 Å². The molecule has 2 aromatic rings. The molecule has 23 heavy (non-hydrogen) atoms. The lowest BCUT2D eigenvalue weighted by atomic mass is 10.1. The van der Waals surface area contributed by atoms with Gasteiger partial charge in [0.1, 0.15) is 5.82 Å². The Morgan fingerprint density at radius 1 is 1.35 bits per heavy atom. The first kappa shape index (κ1) is 15.5. The zero-order valence-electron chi connectivity index (χ0n) is 13.5. The number of pyridine rings is 1. The van der Waals surface area contributed by atoms with E-state index in [0.717, 1.165) is 43.1 Å². The van der Waals surface area contributed by atoms with E-state index in [1.807, 2.05) is 12.1 Å². The molecule has 0 unspecified atom stereocenters. The molecule has 7 nitrogen and oxygen atoms in total. The van der Waals surface area contributed by atoms with Crippen molar-refractivity contribution in [3.8, 4) is 0 Å². The lowest BCUT2D eigenvalue weighted by Gasteiger charge is -2.19. The number of amides is 1. The summed E-state index contributed by atoms with van der Waals surface area (Å²) in [6.07, 6.45) is 2.55. The molecule has 3 N–H and O–H groups in total. The van der Waals surface area contributed by atoms with Crippen molar-refractivity contribution in [2.75, 3.05) is 29.9 Å². The van der Waals surface area contributed by atoms with Crippen LogP contribution >= 0.6 is 0 Å². The quantitative estimate of drug-likeness (QED) is 0.779. The Morgan fingerprint density at radius 3 is 2.87 bits per heavy atom. The highest BCUT2D eigenvalue weighted by Crippen LogP contribution is 2.18. The highest BCUT2D eigenvalue weighted by Gasteiger charge is 2.21. The molecule has 0 spiro atoms. The van der Waals surface area contributed by atoms with Crippen LogP contribution in [-0.4, -0.2) is 40.7 Å². The largest absolute Gasteiger partial charge is 0.357 e. The van der Waals surface area contributed by atoms with Gasteiger partial charge in [0.25, 0.3) is 5.91 Å². The van der Waals surface area contributed by atoms with Crippen LogP contribution in [0.3, 0.4) is 0 Å². The average molecular weight is 314 g/mol. The summed E-state index contributed by atoms with van der Waals surface area (Å²) in [6.45, 7) is 7.58. The first-order chi connectivity index (χ1) is 11.2. The molecule has 0 saturated carbocycles. The van der Waals surface area contributed by atoms with Crippen LogP contribution in [0.4, 0.5) is 11.5 Å². The van der Waals surface area contributed by atoms with E-state index in [1.54, 1.807) is 6.20 Å². The van der Waals surface area contributed by atoms with Gasteiger partial charge in [-0.1, -0.05) is 0 Å². The Bertz CT molecular complexity index is 674. The fourth-order valence-electron chi connectivity index (χ4n) is 2.80. The number of carbonyl (C=O) groups excluding carboxylic acids is 1. The number of hydrogen-bond donors (Lipinski definition) is 3. The maximum atomic E-state index is 12.4. The van der Waals surface area contributed by atoms with Gasteiger partial charge in [-0.3, -0.25) is 9.89 Å². The van der Waals surface area contributed by atoms with Gasteiger partial charge in [0.05, 0.1) is 11.9 Å². The predicted octanol–water partition coefficient (Wildman–Crippen LogP) is 1.55. The van der Waals surface area contributed by atoms with Gasteiger partial charge >= 0.3 is 0 Å². The number of fused-ring (bicyclic) bond motifs is 1. The van der Waals surface area contributed by atoms with E-state index in [9.17, 15) is 4.79 Å². The summed E-state index contributed by atoms with van der Waals surface area (Å²) >= 11 is 0. The maximum Gasteiger partial charge on any atom is 0.276 e. The second-order valence-electron chi connectivity index (χ2n) is 5.49. The van der Waals surface area contributed by atoms with Gasteiger partial charge in [-0.05, 0) is 26.0 Å². The van der Waals surface area contributed by atoms with Gasteiger partial charge in [-0.25, -0.2) is 4.98 Å². The average Bonchev–Trinajstić information content (AvgIpc) is 3.01. The number of rotatable bonds is 5. The second kappa shape index (κ2) is 6.78. The fraction of sp³-hybridized carbons (Fsp3) is 0.438. The van der Waals surface area contributed by atoms with Gasteiger partial charge in [0.2, 0.25) is 0 Å². The Hall–Kier alpha value is -2.41. The summed E-state index contributed by atoms with van der Waals surface area (Å²) in [5, 5.41) is 13.2. The number of H-pyrrole nitrogens is 1. The summed E-state index contributed by atoms with van der Waals surface area (Å²) in [5.41, 5.74) is 3.14. The van der Waals surface area contributed by atoms with Crippen molar-refractivity contribution in [2.45, 2.75) is 26.8 Å². The molecule has 0 bridgehead atoms. The van der Waals surface area contributed by atoms with E-state index < -0.39 is 0 Å². The molecule has 0 radical (unpaired) electrons. The topological polar surface area (TPSA) is 85.9 Å². The summed E-state index contributed by atoms with van der Waals surface area (Å²) in [6, 6.07) is 3.79. The molecule has 122 valence electrons. The fourth-order valence-corrected chi connectivity index (χ4v) is 2.80. The van der Waals surface area contributed by atoms with E-state index in [2.05, 4.69) is 44.6 Å². The summed E-state index contributed by atoms with van der Waals surface area (Å²) in [7, 11) is 0. The van der Waals surface area contributed by atoms with Crippen molar-refractivity contribution in [2.24, 2.45) is 0 Å². The van der Waals surface area contributed by atoms with Crippen molar-refractivity contribution in [1.29, 1.82) is 0 Å². The van der Waals surface area contributed by atoms with Gasteiger partial charge in [0, 0.05) is 43.9 Å². The van der Waals surface area contributed by atoms with E-state index in [1.165, 1.54) is 0 Å². The molecule has 0 aromatic carbocycles. The van der Waals surface area contributed by atoms with E-state index in [-0.39, 0.29) is 5.91 Å². The number of nitrogens with one attached hydrogen (secondary N) is 3. The van der Waals surface area contributed by atoms with Crippen LogP contribution in [0.2, 0.25) is 0 Å². The number of hydrogen-bond acceptors (Lipinski definition) is 5. The SMILES string of the molecule is CCN(CC)c1ccc(NC(=O)c2n[nH]c3c2CNCC3)cn1. The molecule has 0 atom stereocenters. The molecule has 0 aliphatic carbocycles. The monoisotopic (exact) mass is 314 g/mol. The van der Waals surface area contributed by atoms with Crippen LogP contribution in [0.1, 0.15) is 35.6 Å². The number of aromatic amines is 1. The number of anilines is 2. The van der Waals surface area contributed by atoms with Crippen LogP contribution in [0.15, 0.2) is 18.3 Å². The highest BCUT2D eigenvalue weighted by atomic mass is 16.1. The Balaban J connectivity index is 1.72. The van der Waals surface area contributed by atoms with E-state index >= 15 is 0 Å². The third-order valence-electron chi connectivity index (χ3n) is 4.11. The molecule has 7 heteroatoms. The number of aromatic nitrogens is 3. The smallest absolute Gasteiger partial charge is 0.276 e. The molecule has 0 saturated heterocycles. The second-order valence-corrected chi connectivity index (χ2v) is 5.49. The highest BCUT2D eigenvalue weighted by molar-refractivity contribution is 6.04. The third kappa shape index (κ3) is 3.19. The van der Waals surface area contributed by atoms with Gasteiger partial charge < -0.3 is 15.5 Å². The van der Waals surface area contributed by atoms with Crippen molar-refractivity contribution >= 4 is 17.4 Å². The zero-order chi connectivity index (χ0) is 16.2. The molecule has 2 aromatic heterocycles. The van der Waals surface area contributed by atoms with Crippen LogP contribution in [-0.2, 0) is 13.0 Å². The van der Waals surface area contributed by atoms with Gasteiger partial charge in [-0.2, -0.15) is 5.10 Å². The summed E-state index contributed by atoms with van der Waals surface area (Å²) in [4.78, 5) is 19.0. The van der Waals surface area contributed by atoms with E-state index in [0.29, 0.717) is 17.9 Å². The third-order valence-corrected chi connectivity index (χ3v) is 4.11. The minimum atomic E-state index is -0.205. The first-order valence-corrected chi connectivity index (χ1v) is 8.02. The maximum absolute atomic E-state index is 12.4. The minimum absolute atomic E-state index is 0.205. The van der Waals surface area contributed by atoms with Crippen LogP contribution in [0, 0.1) is 0 Å². The molecule has 3 rings (SSSR count). The lowest BCUT2D eigenvalue weighted by molar-refractivity contribution is 0.102. The molecule has 0 fully saturated rings. The normalized spacial score (nSPS) is 13.5. The van der Waals surface area contributed by atoms with Crippen LogP contribution in [0.25, 0.3) is 0 Å². The molecular weight excluding hydrogens is 292 g/mol. The van der Waals surface area contributed by atoms with Gasteiger partial charge in [-0.15, -0.1) is 0 Å².